The topological polar surface area (TPSA) is 37.3 Å². The summed E-state index contributed by atoms with van der Waals surface area (Å²) in [5, 5.41) is 8.86. The first-order valence-corrected chi connectivity index (χ1v) is 5.35. The van der Waals surface area contributed by atoms with Crippen LogP contribution in [0.4, 0.5) is 0 Å². The Bertz CT molecular complexity index is 356. The molecule has 0 spiro atoms. The van der Waals surface area contributed by atoms with Gasteiger partial charge in [-0.1, -0.05) is 32.0 Å². The van der Waals surface area contributed by atoms with Crippen LogP contribution in [0, 0.1) is 12.8 Å². The van der Waals surface area contributed by atoms with Crippen molar-refractivity contribution in [2.24, 2.45) is 5.92 Å². The van der Waals surface area contributed by atoms with Gasteiger partial charge < -0.3 is 5.11 Å². The smallest absolute Gasteiger partial charge is 0.306 e. The highest BCUT2D eigenvalue weighted by Crippen LogP contribution is 2.16. The number of aryl methyl sites for hydroxylation is 2. The second-order valence-corrected chi connectivity index (χ2v) is 4.06. The molecule has 0 aliphatic rings. The van der Waals surface area contributed by atoms with E-state index in [1.54, 1.807) is 6.92 Å². The van der Waals surface area contributed by atoms with Crippen molar-refractivity contribution in [1.82, 2.24) is 0 Å². The Labute approximate surface area is 90.9 Å². The number of carboxylic acid groups (broad SMARTS) is 1. The van der Waals surface area contributed by atoms with Gasteiger partial charge in [-0.25, -0.2) is 0 Å². The fourth-order valence-corrected chi connectivity index (χ4v) is 1.58. The number of aliphatic carboxylic acids is 1. The first kappa shape index (κ1) is 11.8. The quantitative estimate of drug-likeness (QED) is 0.822. The van der Waals surface area contributed by atoms with Crippen LogP contribution in [0.2, 0.25) is 0 Å². The molecule has 2 nitrogen and oxygen atoms in total. The Hall–Kier alpha value is -1.31. The third-order valence-corrected chi connectivity index (χ3v) is 2.77. The van der Waals surface area contributed by atoms with Crippen molar-refractivity contribution in [2.75, 3.05) is 0 Å². The molecule has 0 saturated carbocycles. The first-order valence-electron chi connectivity index (χ1n) is 5.35. The van der Waals surface area contributed by atoms with Gasteiger partial charge in [0.05, 0.1) is 5.92 Å². The first-order chi connectivity index (χ1) is 7.04. The summed E-state index contributed by atoms with van der Waals surface area (Å²) < 4.78 is 0. The Balaban J connectivity index is 2.88. The van der Waals surface area contributed by atoms with Crippen LogP contribution in [0.1, 0.15) is 30.5 Å². The van der Waals surface area contributed by atoms with Crippen molar-refractivity contribution in [3.05, 3.63) is 34.9 Å². The number of hydrogen-bond donors (Lipinski definition) is 1. The molecular weight excluding hydrogens is 188 g/mol. The molecule has 1 aromatic carbocycles. The molecule has 1 atom stereocenters. The standard InChI is InChI=1S/C13H18O2/c1-4-11-6-5-9(2)12(8-11)7-10(3)13(14)15/h5-6,8,10H,4,7H2,1-3H3,(H,14,15). The molecule has 0 amide bonds. The third kappa shape index (κ3) is 3.08. The summed E-state index contributed by atoms with van der Waals surface area (Å²) in [6, 6.07) is 6.29. The van der Waals surface area contributed by atoms with Crippen LogP contribution >= 0.6 is 0 Å². The average molecular weight is 206 g/mol. The molecule has 0 fully saturated rings. The van der Waals surface area contributed by atoms with Gasteiger partial charge in [0.25, 0.3) is 0 Å². The van der Waals surface area contributed by atoms with Crippen molar-refractivity contribution in [3.8, 4) is 0 Å². The summed E-state index contributed by atoms with van der Waals surface area (Å²) in [5.41, 5.74) is 3.61. The van der Waals surface area contributed by atoms with E-state index in [0.29, 0.717) is 6.42 Å². The van der Waals surface area contributed by atoms with E-state index < -0.39 is 5.97 Å². The Morgan fingerprint density at radius 1 is 1.47 bits per heavy atom. The van der Waals surface area contributed by atoms with Crippen LogP contribution in [-0.2, 0) is 17.6 Å². The molecule has 1 rings (SSSR count). The van der Waals surface area contributed by atoms with Crippen LogP contribution in [0.5, 0.6) is 0 Å². The highest BCUT2D eigenvalue weighted by atomic mass is 16.4. The number of benzene rings is 1. The molecule has 1 N–H and O–H groups in total. The summed E-state index contributed by atoms with van der Waals surface area (Å²) in [6.07, 6.45) is 1.61. The predicted octanol–water partition coefficient (Wildman–Crippen LogP) is 2.82. The number of carbonyl (C=O) groups is 1. The summed E-state index contributed by atoms with van der Waals surface area (Å²) >= 11 is 0. The molecule has 0 saturated heterocycles. The van der Waals surface area contributed by atoms with E-state index >= 15 is 0 Å². The number of hydrogen-bond acceptors (Lipinski definition) is 1. The number of carboxylic acids is 1. The zero-order valence-corrected chi connectivity index (χ0v) is 9.58. The lowest BCUT2D eigenvalue weighted by atomic mass is 9.95. The van der Waals surface area contributed by atoms with Gasteiger partial charge in [-0.05, 0) is 36.5 Å². The maximum absolute atomic E-state index is 10.8. The lowest BCUT2D eigenvalue weighted by Gasteiger charge is -2.10. The van der Waals surface area contributed by atoms with Gasteiger partial charge in [0.2, 0.25) is 0 Å². The molecule has 0 aliphatic carbocycles. The van der Waals surface area contributed by atoms with Crippen molar-refractivity contribution in [1.29, 1.82) is 0 Å². The van der Waals surface area contributed by atoms with E-state index in [0.717, 1.165) is 12.0 Å². The fraction of sp³-hybridized carbons (Fsp3) is 0.462. The summed E-state index contributed by atoms with van der Waals surface area (Å²) in [4.78, 5) is 10.8. The molecule has 0 bridgehead atoms. The van der Waals surface area contributed by atoms with Crippen LogP contribution in [-0.4, -0.2) is 11.1 Å². The Morgan fingerprint density at radius 2 is 2.13 bits per heavy atom. The van der Waals surface area contributed by atoms with Gasteiger partial charge in [0, 0.05) is 0 Å². The highest BCUT2D eigenvalue weighted by Gasteiger charge is 2.12. The summed E-state index contributed by atoms with van der Waals surface area (Å²) in [5.74, 6) is -1.04. The normalized spacial score (nSPS) is 12.5. The SMILES string of the molecule is CCc1ccc(C)c(CC(C)C(=O)O)c1. The van der Waals surface area contributed by atoms with Crippen LogP contribution in [0.25, 0.3) is 0 Å². The van der Waals surface area contributed by atoms with Crippen LogP contribution in [0.15, 0.2) is 18.2 Å². The molecular formula is C13H18O2. The molecule has 0 heterocycles. The van der Waals surface area contributed by atoms with Gasteiger partial charge >= 0.3 is 5.97 Å². The van der Waals surface area contributed by atoms with Gasteiger partial charge in [-0.2, -0.15) is 0 Å². The van der Waals surface area contributed by atoms with E-state index in [2.05, 4.69) is 25.1 Å². The Kier molecular flexibility index (Phi) is 3.89. The largest absolute Gasteiger partial charge is 0.481 e. The summed E-state index contributed by atoms with van der Waals surface area (Å²) in [7, 11) is 0. The molecule has 0 aliphatic heterocycles. The van der Waals surface area contributed by atoms with Crippen molar-refractivity contribution in [3.63, 3.8) is 0 Å². The maximum Gasteiger partial charge on any atom is 0.306 e. The number of rotatable bonds is 4. The third-order valence-electron chi connectivity index (χ3n) is 2.77. The van der Waals surface area contributed by atoms with Crippen LogP contribution < -0.4 is 0 Å². The molecule has 1 unspecified atom stereocenters. The van der Waals surface area contributed by atoms with Crippen molar-refractivity contribution in [2.45, 2.75) is 33.6 Å². The van der Waals surface area contributed by atoms with Gasteiger partial charge in [0.1, 0.15) is 0 Å². The zero-order chi connectivity index (χ0) is 11.4. The lowest BCUT2D eigenvalue weighted by molar-refractivity contribution is -0.141. The minimum atomic E-state index is -0.726. The highest BCUT2D eigenvalue weighted by molar-refractivity contribution is 5.70. The minimum absolute atomic E-state index is 0.309. The van der Waals surface area contributed by atoms with E-state index in [4.69, 9.17) is 5.11 Å². The molecule has 0 aromatic heterocycles. The molecule has 82 valence electrons. The molecule has 1 aromatic rings. The Morgan fingerprint density at radius 3 is 2.67 bits per heavy atom. The average Bonchev–Trinajstić information content (AvgIpc) is 2.21. The fourth-order valence-electron chi connectivity index (χ4n) is 1.58. The van der Waals surface area contributed by atoms with E-state index in [-0.39, 0.29) is 5.92 Å². The predicted molar refractivity (Wildman–Crippen MR) is 61.1 cm³/mol. The molecule has 15 heavy (non-hydrogen) atoms. The molecule has 2 heteroatoms. The van der Waals surface area contributed by atoms with E-state index in [1.807, 2.05) is 6.92 Å². The van der Waals surface area contributed by atoms with Gasteiger partial charge in [0.15, 0.2) is 0 Å². The van der Waals surface area contributed by atoms with Crippen molar-refractivity contribution < 1.29 is 9.90 Å². The minimum Gasteiger partial charge on any atom is -0.481 e. The van der Waals surface area contributed by atoms with Gasteiger partial charge in [-0.15, -0.1) is 0 Å². The zero-order valence-electron chi connectivity index (χ0n) is 9.58. The maximum atomic E-state index is 10.8. The monoisotopic (exact) mass is 206 g/mol. The van der Waals surface area contributed by atoms with Gasteiger partial charge in [-0.3, -0.25) is 4.79 Å². The summed E-state index contributed by atoms with van der Waals surface area (Å²) in [6.45, 7) is 5.89. The second kappa shape index (κ2) is 4.96. The van der Waals surface area contributed by atoms with E-state index in [1.165, 1.54) is 11.1 Å². The second-order valence-electron chi connectivity index (χ2n) is 4.06. The lowest BCUT2D eigenvalue weighted by Crippen LogP contribution is -2.13. The molecule has 0 radical (unpaired) electrons. The van der Waals surface area contributed by atoms with E-state index in [9.17, 15) is 4.79 Å². The van der Waals surface area contributed by atoms with Crippen LogP contribution in [0.3, 0.4) is 0 Å². The van der Waals surface area contributed by atoms with Crippen molar-refractivity contribution >= 4 is 5.97 Å².